The summed E-state index contributed by atoms with van der Waals surface area (Å²) in [6.07, 6.45) is 1.30. The van der Waals surface area contributed by atoms with Crippen LogP contribution in [0.1, 0.15) is 55.8 Å². The standard InChI is InChI=1S/C27H29FN4O5/c1-26(2)12-11-21(16-4-6-18(28)7-5-16)32(26)22(33)15-31-23(34)27(37-25(31)36)13-10-17-14-19(8-9-20(17)27)30-24(35)29-3/h4-9,14,21H,10-13,15H2,1-3H3,(H2,29,30,35)/t21-,27?/m0/s1. The fourth-order valence-corrected chi connectivity index (χ4v) is 5.81. The number of carbonyl (C=O) groups is 4. The molecule has 37 heavy (non-hydrogen) atoms. The Kier molecular flexibility index (Phi) is 5.92. The van der Waals surface area contributed by atoms with Gasteiger partial charge in [0.2, 0.25) is 11.5 Å². The van der Waals surface area contributed by atoms with Gasteiger partial charge < -0.3 is 20.3 Å². The van der Waals surface area contributed by atoms with Gasteiger partial charge in [0.1, 0.15) is 12.4 Å². The molecule has 1 spiro atoms. The summed E-state index contributed by atoms with van der Waals surface area (Å²) in [5, 5.41) is 5.17. The number of imide groups is 1. The number of carbonyl (C=O) groups excluding carboxylic acids is 4. The smallest absolute Gasteiger partial charge is 0.418 e. The Bertz CT molecular complexity index is 1290. The monoisotopic (exact) mass is 508 g/mol. The van der Waals surface area contributed by atoms with E-state index < -0.39 is 29.7 Å². The summed E-state index contributed by atoms with van der Waals surface area (Å²) >= 11 is 0. The summed E-state index contributed by atoms with van der Waals surface area (Å²) in [4.78, 5) is 54.3. The molecule has 3 aliphatic rings. The van der Waals surface area contributed by atoms with Gasteiger partial charge in [-0.15, -0.1) is 0 Å². The van der Waals surface area contributed by atoms with Crippen LogP contribution in [0.4, 0.5) is 19.7 Å². The van der Waals surface area contributed by atoms with Crippen molar-refractivity contribution in [2.75, 3.05) is 18.9 Å². The zero-order valence-electron chi connectivity index (χ0n) is 21.0. The third-order valence-corrected chi connectivity index (χ3v) is 7.65. The fourth-order valence-electron chi connectivity index (χ4n) is 5.81. The Morgan fingerprint density at radius 1 is 1.11 bits per heavy atom. The van der Waals surface area contributed by atoms with E-state index in [1.165, 1.54) is 19.2 Å². The van der Waals surface area contributed by atoms with Gasteiger partial charge in [0.15, 0.2) is 0 Å². The lowest BCUT2D eigenvalue weighted by Gasteiger charge is -2.37. The van der Waals surface area contributed by atoms with E-state index in [9.17, 15) is 23.6 Å². The van der Waals surface area contributed by atoms with E-state index in [0.717, 1.165) is 22.4 Å². The zero-order chi connectivity index (χ0) is 26.5. The second kappa shape index (κ2) is 8.86. The highest BCUT2D eigenvalue weighted by molar-refractivity contribution is 6.06. The first-order chi connectivity index (χ1) is 17.6. The van der Waals surface area contributed by atoms with Crippen LogP contribution in [-0.4, -0.2) is 52.9 Å². The van der Waals surface area contributed by atoms with E-state index in [1.54, 1.807) is 35.2 Å². The predicted molar refractivity (Wildman–Crippen MR) is 132 cm³/mol. The summed E-state index contributed by atoms with van der Waals surface area (Å²) in [5.74, 6) is -1.29. The van der Waals surface area contributed by atoms with Crippen LogP contribution < -0.4 is 10.6 Å². The minimum atomic E-state index is -1.48. The minimum Gasteiger partial charge on any atom is -0.427 e. The largest absolute Gasteiger partial charge is 0.427 e. The van der Waals surface area contributed by atoms with Crippen molar-refractivity contribution >= 4 is 29.6 Å². The molecule has 2 aromatic carbocycles. The SMILES string of the molecule is CNC(=O)Nc1ccc2c(c1)CCC21OC(=O)N(CC(=O)N2[C@H](c3ccc(F)cc3)CCC2(C)C)C1=O. The maximum absolute atomic E-state index is 13.6. The van der Waals surface area contributed by atoms with E-state index in [2.05, 4.69) is 10.6 Å². The van der Waals surface area contributed by atoms with E-state index >= 15 is 0 Å². The van der Waals surface area contributed by atoms with Gasteiger partial charge in [-0.1, -0.05) is 18.2 Å². The van der Waals surface area contributed by atoms with Crippen molar-refractivity contribution in [1.29, 1.82) is 0 Å². The number of benzene rings is 2. The van der Waals surface area contributed by atoms with E-state index in [0.29, 0.717) is 24.1 Å². The number of nitrogens with zero attached hydrogens (tertiary/aromatic N) is 2. The van der Waals surface area contributed by atoms with Gasteiger partial charge in [-0.2, -0.15) is 0 Å². The number of hydrogen-bond donors (Lipinski definition) is 2. The molecule has 194 valence electrons. The van der Waals surface area contributed by atoms with Crippen LogP contribution >= 0.6 is 0 Å². The number of likely N-dealkylation sites (tertiary alicyclic amines) is 1. The maximum Gasteiger partial charge on any atom is 0.418 e. The van der Waals surface area contributed by atoms with Gasteiger partial charge in [0.25, 0.3) is 5.91 Å². The van der Waals surface area contributed by atoms with Gasteiger partial charge in [-0.25, -0.2) is 18.9 Å². The maximum atomic E-state index is 13.6. The number of rotatable bonds is 4. The van der Waals surface area contributed by atoms with Crippen molar-refractivity contribution in [1.82, 2.24) is 15.1 Å². The van der Waals surface area contributed by atoms with E-state index in [1.807, 2.05) is 13.8 Å². The van der Waals surface area contributed by atoms with Crippen LogP contribution in [0.3, 0.4) is 0 Å². The van der Waals surface area contributed by atoms with Gasteiger partial charge in [-0.05, 0) is 68.5 Å². The highest BCUT2D eigenvalue weighted by Gasteiger charge is 2.59. The number of hydrogen-bond acceptors (Lipinski definition) is 5. The molecule has 0 aromatic heterocycles. The molecule has 10 heteroatoms. The number of ether oxygens (including phenoxy) is 1. The van der Waals surface area contributed by atoms with Crippen molar-refractivity contribution in [2.24, 2.45) is 0 Å². The Labute approximate surface area is 213 Å². The van der Waals surface area contributed by atoms with Crippen molar-refractivity contribution < 1.29 is 28.3 Å². The number of aryl methyl sites for hydroxylation is 1. The van der Waals surface area contributed by atoms with Gasteiger partial charge >= 0.3 is 12.1 Å². The second-order valence-electron chi connectivity index (χ2n) is 10.3. The molecule has 2 fully saturated rings. The summed E-state index contributed by atoms with van der Waals surface area (Å²) in [7, 11) is 1.51. The molecule has 0 saturated carbocycles. The molecule has 0 radical (unpaired) electrons. The van der Waals surface area contributed by atoms with Gasteiger partial charge in [0, 0.05) is 30.3 Å². The average molecular weight is 509 g/mol. The minimum absolute atomic E-state index is 0.258. The molecule has 5 rings (SSSR count). The highest BCUT2D eigenvalue weighted by Crippen LogP contribution is 2.47. The lowest BCUT2D eigenvalue weighted by molar-refractivity contribution is -0.144. The molecule has 2 saturated heterocycles. The predicted octanol–water partition coefficient (Wildman–Crippen LogP) is 3.84. The van der Waals surface area contributed by atoms with Gasteiger partial charge in [0.05, 0.1) is 6.04 Å². The van der Waals surface area contributed by atoms with Crippen LogP contribution in [-0.2, 0) is 26.3 Å². The Morgan fingerprint density at radius 3 is 2.54 bits per heavy atom. The molecule has 5 amide bonds. The fraction of sp³-hybridized carbons (Fsp3) is 0.407. The summed E-state index contributed by atoms with van der Waals surface area (Å²) in [6, 6.07) is 10.5. The first-order valence-electron chi connectivity index (χ1n) is 12.3. The first kappa shape index (κ1) is 24.7. The Hall–Kier alpha value is -3.95. The lowest BCUT2D eigenvalue weighted by atomic mass is 9.94. The van der Waals surface area contributed by atoms with Crippen LogP contribution in [0.5, 0.6) is 0 Å². The van der Waals surface area contributed by atoms with E-state index in [4.69, 9.17) is 4.74 Å². The zero-order valence-corrected chi connectivity index (χ0v) is 21.0. The highest BCUT2D eigenvalue weighted by atomic mass is 19.1. The van der Waals surface area contributed by atoms with Crippen LogP contribution in [0.25, 0.3) is 0 Å². The molecule has 9 nitrogen and oxygen atoms in total. The molecular formula is C27H29FN4O5. The normalized spacial score (nSPS) is 23.8. The lowest BCUT2D eigenvalue weighted by Crippen LogP contribution is -2.50. The topological polar surface area (TPSA) is 108 Å². The second-order valence-corrected chi connectivity index (χ2v) is 10.3. The van der Waals surface area contributed by atoms with Crippen molar-refractivity contribution in [3.05, 3.63) is 65.0 Å². The van der Waals surface area contributed by atoms with Gasteiger partial charge in [-0.3, -0.25) is 9.59 Å². The molecule has 2 atom stereocenters. The molecule has 0 bridgehead atoms. The first-order valence-corrected chi connectivity index (χ1v) is 12.3. The summed E-state index contributed by atoms with van der Waals surface area (Å²) in [5.41, 5.74) is 0.735. The number of halogens is 1. The van der Waals surface area contributed by atoms with Crippen LogP contribution in [0.2, 0.25) is 0 Å². The quantitative estimate of drug-likeness (QED) is 0.653. The molecule has 2 aromatic rings. The summed E-state index contributed by atoms with van der Waals surface area (Å²) in [6.45, 7) is 3.45. The summed E-state index contributed by atoms with van der Waals surface area (Å²) < 4.78 is 19.2. The van der Waals surface area contributed by atoms with Crippen molar-refractivity contribution in [3.8, 4) is 0 Å². The number of fused-ring (bicyclic) bond motifs is 2. The Balaban J connectivity index is 1.37. The average Bonchev–Trinajstić information content (AvgIpc) is 3.46. The molecular weight excluding hydrogens is 479 g/mol. The number of nitrogens with one attached hydrogen (secondary N) is 2. The van der Waals surface area contributed by atoms with Crippen LogP contribution in [0, 0.1) is 5.82 Å². The van der Waals surface area contributed by atoms with Crippen LogP contribution in [0.15, 0.2) is 42.5 Å². The molecule has 1 aliphatic carbocycles. The number of anilines is 1. The molecule has 1 unspecified atom stereocenters. The van der Waals surface area contributed by atoms with E-state index in [-0.39, 0.29) is 30.2 Å². The third kappa shape index (κ3) is 4.10. The van der Waals surface area contributed by atoms with Crippen molar-refractivity contribution in [2.45, 2.75) is 56.7 Å². The third-order valence-electron chi connectivity index (χ3n) is 7.65. The Morgan fingerprint density at radius 2 is 1.84 bits per heavy atom. The molecule has 2 heterocycles. The van der Waals surface area contributed by atoms with Crippen molar-refractivity contribution in [3.63, 3.8) is 0 Å². The molecule has 2 aliphatic heterocycles. The molecule has 2 N–H and O–H groups in total. The number of amides is 5. The number of urea groups is 1.